The van der Waals surface area contributed by atoms with Gasteiger partial charge in [0.2, 0.25) is 0 Å². The summed E-state index contributed by atoms with van der Waals surface area (Å²) < 4.78 is 1.83. The maximum absolute atomic E-state index is 12.9. The molecule has 3 N–H and O–H groups in total. The lowest BCUT2D eigenvalue weighted by Gasteiger charge is -2.34. The molecule has 0 spiro atoms. The molecule has 1 amide bonds. The molecule has 146 valence electrons. The molecule has 2 aromatic rings. The Morgan fingerprint density at radius 2 is 2.11 bits per heavy atom. The van der Waals surface area contributed by atoms with Gasteiger partial charge >= 0.3 is 0 Å². The minimum Gasteiger partial charge on any atom is -0.392 e. The molecular weight excluding hydrogens is 368 g/mol. The number of hydrogen-bond acceptors (Lipinski definition) is 5. The lowest BCUT2D eigenvalue weighted by atomic mass is 10.1. The Labute approximate surface area is 163 Å². The molecule has 1 aromatic heterocycles. The number of aromatic nitrogens is 2. The Morgan fingerprint density at radius 3 is 2.78 bits per heavy atom. The van der Waals surface area contributed by atoms with Gasteiger partial charge in [0, 0.05) is 17.1 Å². The lowest BCUT2D eigenvalue weighted by molar-refractivity contribution is 0.0388. The summed E-state index contributed by atoms with van der Waals surface area (Å²) in [6, 6.07) is 9.26. The number of amides is 1. The Bertz CT molecular complexity index is 778. The molecule has 3 rings (SSSR count). The number of carbonyl (C=O) groups excluding carboxylic acids is 1. The SMILES string of the molecule is CCCCC1CN(CNC(O)CO)C(=O)c2cc(-c3ccc(Cl)cc3)nn21. The molecule has 0 radical (unpaired) electrons. The second-order valence-corrected chi connectivity index (χ2v) is 7.19. The molecule has 0 saturated carbocycles. The molecule has 1 aliphatic heterocycles. The van der Waals surface area contributed by atoms with Gasteiger partial charge in [0.15, 0.2) is 0 Å². The average Bonchev–Trinajstić information content (AvgIpc) is 3.13. The minimum absolute atomic E-state index is 0.0757. The molecule has 1 aromatic carbocycles. The van der Waals surface area contributed by atoms with Crippen LogP contribution in [0.3, 0.4) is 0 Å². The molecule has 2 atom stereocenters. The third-order valence-corrected chi connectivity index (χ3v) is 4.99. The van der Waals surface area contributed by atoms with Crippen molar-refractivity contribution >= 4 is 17.5 Å². The smallest absolute Gasteiger partial charge is 0.273 e. The van der Waals surface area contributed by atoms with Crippen LogP contribution in [0.1, 0.15) is 42.7 Å². The van der Waals surface area contributed by atoms with Crippen LogP contribution in [-0.2, 0) is 0 Å². The quantitative estimate of drug-likeness (QED) is 0.599. The predicted octanol–water partition coefficient (Wildman–Crippen LogP) is 2.25. The first-order chi connectivity index (χ1) is 13.0. The van der Waals surface area contributed by atoms with Crippen molar-refractivity contribution in [2.24, 2.45) is 0 Å². The zero-order valence-corrected chi connectivity index (χ0v) is 16.1. The lowest BCUT2D eigenvalue weighted by Crippen LogP contribution is -2.49. The van der Waals surface area contributed by atoms with Crippen molar-refractivity contribution in [2.75, 3.05) is 19.8 Å². The Hall–Kier alpha value is -1.93. The molecule has 0 bridgehead atoms. The monoisotopic (exact) mass is 392 g/mol. The number of nitrogens with one attached hydrogen (secondary N) is 1. The molecule has 27 heavy (non-hydrogen) atoms. The predicted molar refractivity (Wildman–Crippen MR) is 103 cm³/mol. The summed E-state index contributed by atoms with van der Waals surface area (Å²) in [5, 5.41) is 26.6. The maximum Gasteiger partial charge on any atom is 0.273 e. The molecule has 7 nitrogen and oxygen atoms in total. The van der Waals surface area contributed by atoms with Crippen LogP contribution in [0.15, 0.2) is 30.3 Å². The topological polar surface area (TPSA) is 90.6 Å². The first-order valence-corrected chi connectivity index (χ1v) is 9.58. The fourth-order valence-electron chi connectivity index (χ4n) is 3.24. The molecule has 1 aliphatic rings. The molecule has 8 heteroatoms. The van der Waals surface area contributed by atoms with Crippen molar-refractivity contribution < 1.29 is 15.0 Å². The molecule has 0 aliphatic carbocycles. The maximum atomic E-state index is 12.9. The molecule has 2 heterocycles. The Kier molecular flexibility index (Phi) is 6.49. The van der Waals surface area contributed by atoms with E-state index in [0.29, 0.717) is 17.3 Å². The number of halogens is 1. The van der Waals surface area contributed by atoms with E-state index in [0.717, 1.165) is 30.5 Å². The molecule has 0 fully saturated rings. The van der Waals surface area contributed by atoms with Crippen molar-refractivity contribution in [3.8, 4) is 11.3 Å². The van der Waals surface area contributed by atoms with Gasteiger partial charge in [-0.2, -0.15) is 5.10 Å². The summed E-state index contributed by atoms with van der Waals surface area (Å²) in [5.41, 5.74) is 2.18. The van der Waals surface area contributed by atoms with Gasteiger partial charge in [0.1, 0.15) is 11.9 Å². The number of aliphatic hydroxyl groups is 2. The van der Waals surface area contributed by atoms with Crippen molar-refractivity contribution in [1.29, 1.82) is 0 Å². The molecule has 0 saturated heterocycles. The van der Waals surface area contributed by atoms with E-state index in [1.807, 2.05) is 16.8 Å². The van der Waals surface area contributed by atoms with Gasteiger partial charge in [-0.05, 0) is 24.6 Å². The number of carbonyl (C=O) groups is 1. The summed E-state index contributed by atoms with van der Waals surface area (Å²) in [6.45, 7) is 2.41. The Balaban J connectivity index is 1.88. The van der Waals surface area contributed by atoms with Gasteiger partial charge in [-0.15, -0.1) is 0 Å². The van der Waals surface area contributed by atoms with E-state index in [1.165, 1.54) is 0 Å². The number of hydrogen-bond donors (Lipinski definition) is 3. The first-order valence-electron chi connectivity index (χ1n) is 9.20. The summed E-state index contributed by atoms with van der Waals surface area (Å²) in [4.78, 5) is 14.6. The van der Waals surface area contributed by atoms with Crippen molar-refractivity contribution in [3.05, 3.63) is 41.0 Å². The molecule has 2 unspecified atom stereocenters. The van der Waals surface area contributed by atoms with Crippen LogP contribution in [0.2, 0.25) is 5.02 Å². The van der Waals surface area contributed by atoms with Crippen LogP contribution in [0.25, 0.3) is 11.3 Å². The fraction of sp³-hybridized carbons (Fsp3) is 0.474. The van der Waals surface area contributed by atoms with Crippen LogP contribution < -0.4 is 5.32 Å². The number of rotatable bonds is 8. The average molecular weight is 393 g/mol. The summed E-state index contributed by atoms with van der Waals surface area (Å²) in [5.74, 6) is -0.145. The van der Waals surface area contributed by atoms with Crippen molar-refractivity contribution in [1.82, 2.24) is 20.0 Å². The second kappa shape index (κ2) is 8.84. The van der Waals surface area contributed by atoms with Crippen LogP contribution in [0, 0.1) is 0 Å². The highest BCUT2D eigenvalue weighted by Gasteiger charge is 2.32. The van der Waals surface area contributed by atoms with Crippen molar-refractivity contribution in [2.45, 2.75) is 38.5 Å². The standard InChI is InChI=1S/C19H25ClN4O3/c1-2-3-4-15-10-23(12-21-18(26)11-25)19(27)17-9-16(22-24(15)17)13-5-7-14(20)8-6-13/h5-9,15,18,21,25-26H,2-4,10-12H2,1H3. The number of nitrogens with zero attached hydrogens (tertiary/aromatic N) is 3. The number of aliphatic hydroxyl groups excluding tert-OH is 2. The summed E-state index contributed by atoms with van der Waals surface area (Å²) in [6.07, 6.45) is 1.96. The number of unbranched alkanes of at least 4 members (excludes halogenated alkanes) is 1. The highest BCUT2D eigenvalue weighted by molar-refractivity contribution is 6.30. The van der Waals surface area contributed by atoms with Gasteiger partial charge in [-0.25, -0.2) is 0 Å². The first kappa shape index (κ1) is 19.8. The van der Waals surface area contributed by atoms with E-state index in [4.69, 9.17) is 21.8 Å². The minimum atomic E-state index is -1.05. The summed E-state index contributed by atoms with van der Waals surface area (Å²) >= 11 is 5.96. The third-order valence-electron chi connectivity index (χ3n) is 4.74. The fourth-order valence-corrected chi connectivity index (χ4v) is 3.37. The highest BCUT2D eigenvalue weighted by atomic mass is 35.5. The van der Waals surface area contributed by atoms with Crippen LogP contribution >= 0.6 is 11.6 Å². The van der Waals surface area contributed by atoms with Gasteiger partial charge in [0.25, 0.3) is 5.91 Å². The number of benzene rings is 1. The zero-order chi connectivity index (χ0) is 19.4. The van der Waals surface area contributed by atoms with Crippen molar-refractivity contribution in [3.63, 3.8) is 0 Å². The van der Waals surface area contributed by atoms with E-state index in [9.17, 15) is 9.90 Å². The van der Waals surface area contributed by atoms with Gasteiger partial charge in [0.05, 0.1) is 25.0 Å². The van der Waals surface area contributed by atoms with Crippen LogP contribution in [-0.4, -0.2) is 56.8 Å². The number of fused-ring (bicyclic) bond motifs is 1. The normalized spacial score (nSPS) is 17.9. The largest absolute Gasteiger partial charge is 0.392 e. The van der Waals surface area contributed by atoms with Gasteiger partial charge < -0.3 is 15.1 Å². The van der Waals surface area contributed by atoms with Crippen LogP contribution in [0.5, 0.6) is 0 Å². The van der Waals surface area contributed by atoms with Crippen LogP contribution in [0.4, 0.5) is 0 Å². The van der Waals surface area contributed by atoms with E-state index >= 15 is 0 Å². The summed E-state index contributed by atoms with van der Waals surface area (Å²) in [7, 11) is 0. The van der Waals surface area contributed by atoms with E-state index in [1.54, 1.807) is 23.1 Å². The highest BCUT2D eigenvalue weighted by Crippen LogP contribution is 2.29. The zero-order valence-electron chi connectivity index (χ0n) is 15.3. The second-order valence-electron chi connectivity index (χ2n) is 6.75. The van der Waals surface area contributed by atoms with Gasteiger partial charge in [-0.3, -0.25) is 14.8 Å². The van der Waals surface area contributed by atoms with E-state index in [2.05, 4.69) is 12.2 Å². The van der Waals surface area contributed by atoms with E-state index in [-0.39, 0.29) is 18.6 Å². The van der Waals surface area contributed by atoms with Gasteiger partial charge in [-0.1, -0.05) is 43.5 Å². The third kappa shape index (κ3) is 4.50. The Morgan fingerprint density at radius 1 is 1.37 bits per heavy atom. The molecular formula is C19H25ClN4O3. The van der Waals surface area contributed by atoms with E-state index < -0.39 is 12.8 Å².